The van der Waals surface area contributed by atoms with Gasteiger partial charge in [0.25, 0.3) is 5.56 Å². The summed E-state index contributed by atoms with van der Waals surface area (Å²) >= 11 is 0. The molecular weight excluding hydrogens is 234 g/mol. The van der Waals surface area contributed by atoms with E-state index in [1.807, 2.05) is 0 Å². The first kappa shape index (κ1) is 11.8. The van der Waals surface area contributed by atoms with Crippen molar-refractivity contribution >= 4 is 11.7 Å². The third-order valence-electron chi connectivity index (χ3n) is 2.39. The molecule has 2 heterocycles. The number of pyridine rings is 2. The highest BCUT2D eigenvalue weighted by Crippen LogP contribution is 2.07. The molecule has 0 unspecified atom stereocenters. The van der Waals surface area contributed by atoms with Gasteiger partial charge >= 0.3 is 5.97 Å². The lowest BCUT2D eigenvalue weighted by atomic mass is 10.2. The number of ether oxygens (including phenoxy) is 1. The number of nitrogen functional groups attached to an aromatic ring is 1. The van der Waals surface area contributed by atoms with Crippen LogP contribution in [0.4, 0.5) is 5.69 Å². The molecule has 0 radical (unpaired) electrons. The maximum absolute atomic E-state index is 11.8. The van der Waals surface area contributed by atoms with Crippen LogP contribution in [0.5, 0.6) is 0 Å². The minimum absolute atomic E-state index is 0.114. The van der Waals surface area contributed by atoms with E-state index >= 15 is 0 Å². The predicted octanol–water partition coefficient (Wildman–Crippen LogP) is 0.601. The minimum Gasteiger partial charge on any atom is -0.465 e. The maximum atomic E-state index is 11.8. The smallest absolute Gasteiger partial charge is 0.338 e. The lowest BCUT2D eigenvalue weighted by Gasteiger charge is -2.06. The number of nitrogens with zero attached hydrogens (tertiary/aromatic N) is 2. The Morgan fingerprint density at radius 1 is 1.44 bits per heavy atom. The van der Waals surface area contributed by atoms with Gasteiger partial charge in [0.05, 0.1) is 18.4 Å². The lowest BCUT2D eigenvalue weighted by Crippen LogP contribution is -2.21. The molecule has 2 aromatic heterocycles. The molecule has 0 bridgehead atoms. The summed E-state index contributed by atoms with van der Waals surface area (Å²) in [6.07, 6.45) is 2.96. The van der Waals surface area contributed by atoms with Gasteiger partial charge in [0.15, 0.2) is 0 Å². The third kappa shape index (κ3) is 2.08. The van der Waals surface area contributed by atoms with Crippen LogP contribution in [0.2, 0.25) is 0 Å². The number of esters is 1. The normalized spacial score (nSPS) is 10.1. The van der Waals surface area contributed by atoms with Crippen LogP contribution >= 0.6 is 0 Å². The number of anilines is 1. The van der Waals surface area contributed by atoms with Crippen molar-refractivity contribution in [3.8, 4) is 5.82 Å². The quantitative estimate of drug-likeness (QED) is 0.783. The Labute approximate surface area is 103 Å². The Bertz CT molecular complexity index is 649. The van der Waals surface area contributed by atoms with Gasteiger partial charge in [0.1, 0.15) is 5.82 Å². The van der Waals surface area contributed by atoms with Crippen LogP contribution in [-0.4, -0.2) is 22.6 Å². The van der Waals surface area contributed by atoms with Gasteiger partial charge in [-0.25, -0.2) is 9.78 Å². The van der Waals surface area contributed by atoms with E-state index in [-0.39, 0.29) is 11.2 Å². The number of hydrogen-bond acceptors (Lipinski definition) is 5. The monoisotopic (exact) mass is 245 g/mol. The summed E-state index contributed by atoms with van der Waals surface area (Å²) < 4.78 is 5.87. The molecule has 2 aromatic rings. The van der Waals surface area contributed by atoms with Crippen LogP contribution in [0.3, 0.4) is 0 Å². The van der Waals surface area contributed by atoms with Crippen LogP contribution in [-0.2, 0) is 4.74 Å². The van der Waals surface area contributed by atoms with E-state index < -0.39 is 5.97 Å². The van der Waals surface area contributed by atoms with Crippen molar-refractivity contribution in [1.82, 2.24) is 9.55 Å². The van der Waals surface area contributed by atoms with E-state index in [1.165, 1.54) is 42.3 Å². The Kier molecular flexibility index (Phi) is 3.09. The number of hydrogen-bond donors (Lipinski definition) is 1. The van der Waals surface area contributed by atoms with Crippen molar-refractivity contribution in [3.05, 3.63) is 52.6 Å². The highest BCUT2D eigenvalue weighted by molar-refractivity contribution is 5.89. The number of rotatable bonds is 2. The molecule has 6 heteroatoms. The number of carbonyl (C=O) groups is 1. The van der Waals surface area contributed by atoms with Crippen molar-refractivity contribution in [3.63, 3.8) is 0 Å². The van der Waals surface area contributed by atoms with Gasteiger partial charge in [0.2, 0.25) is 0 Å². The average molecular weight is 245 g/mol. The molecule has 0 saturated carbocycles. The Morgan fingerprint density at radius 3 is 2.94 bits per heavy atom. The fourth-order valence-corrected chi connectivity index (χ4v) is 1.49. The second-order valence-electron chi connectivity index (χ2n) is 3.53. The standard InChI is InChI=1S/C12H11N3O3/c1-18-12(17)8-4-5-14-10(7-8)15-6-2-3-9(13)11(15)16/h2-7H,13H2,1H3. The second kappa shape index (κ2) is 4.70. The first-order valence-electron chi connectivity index (χ1n) is 5.15. The van der Waals surface area contributed by atoms with E-state index in [9.17, 15) is 9.59 Å². The molecular formula is C12H11N3O3. The van der Waals surface area contributed by atoms with Crippen LogP contribution in [0.15, 0.2) is 41.5 Å². The Morgan fingerprint density at radius 2 is 2.22 bits per heavy atom. The van der Waals surface area contributed by atoms with E-state index in [0.717, 1.165) is 0 Å². The van der Waals surface area contributed by atoms with Crippen molar-refractivity contribution in [2.45, 2.75) is 0 Å². The fraction of sp³-hybridized carbons (Fsp3) is 0.0833. The zero-order chi connectivity index (χ0) is 13.1. The maximum Gasteiger partial charge on any atom is 0.338 e. The third-order valence-corrected chi connectivity index (χ3v) is 2.39. The van der Waals surface area contributed by atoms with Gasteiger partial charge in [-0.1, -0.05) is 0 Å². The number of carbonyl (C=O) groups excluding carboxylic acids is 1. The fourth-order valence-electron chi connectivity index (χ4n) is 1.49. The lowest BCUT2D eigenvalue weighted by molar-refractivity contribution is 0.0600. The first-order valence-corrected chi connectivity index (χ1v) is 5.15. The van der Waals surface area contributed by atoms with Gasteiger partial charge in [-0.05, 0) is 24.3 Å². The number of aromatic nitrogens is 2. The summed E-state index contributed by atoms with van der Waals surface area (Å²) in [5, 5.41) is 0. The largest absolute Gasteiger partial charge is 0.465 e. The van der Waals surface area contributed by atoms with Crippen molar-refractivity contribution in [2.75, 3.05) is 12.8 Å². The van der Waals surface area contributed by atoms with Crippen LogP contribution in [0.25, 0.3) is 5.82 Å². The van der Waals surface area contributed by atoms with Gasteiger partial charge in [0, 0.05) is 12.4 Å². The first-order chi connectivity index (χ1) is 8.63. The van der Waals surface area contributed by atoms with E-state index in [2.05, 4.69) is 9.72 Å². The summed E-state index contributed by atoms with van der Waals surface area (Å²) in [6, 6.07) is 6.10. The zero-order valence-electron chi connectivity index (χ0n) is 9.66. The van der Waals surface area contributed by atoms with Gasteiger partial charge in [-0.2, -0.15) is 0 Å². The number of nitrogens with two attached hydrogens (primary N) is 1. The summed E-state index contributed by atoms with van der Waals surface area (Å²) in [4.78, 5) is 27.2. The summed E-state index contributed by atoms with van der Waals surface area (Å²) in [6.45, 7) is 0. The molecule has 0 saturated heterocycles. The molecule has 0 aromatic carbocycles. The van der Waals surface area contributed by atoms with Crippen LogP contribution in [0, 0.1) is 0 Å². The Balaban J connectivity index is 2.55. The highest BCUT2D eigenvalue weighted by atomic mass is 16.5. The average Bonchev–Trinajstić information content (AvgIpc) is 2.41. The molecule has 0 aliphatic rings. The molecule has 2 rings (SSSR count). The van der Waals surface area contributed by atoms with Crippen LogP contribution < -0.4 is 11.3 Å². The van der Waals surface area contributed by atoms with Crippen molar-refractivity contribution < 1.29 is 9.53 Å². The van der Waals surface area contributed by atoms with E-state index in [0.29, 0.717) is 11.4 Å². The topological polar surface area (TPSA) is 87.2 Å². The number of methoxy groups -OCH3 is 1. The molecule has 18 heavy (non-hydrogen) atoms. The van der Waals surface area contributed by atoms with Crippen molar-refractivity contribution in [1.29, 1.82) is 0 Å². The molecule has 0 atom stereocenters. The molecule has 0 aliphatic carbocycles. The molecule has 2 N–H and O–H groups in total. The second-order valence-corrected chi connectivity index (χ2v) is 3.53. The van der Waals surface area contributed by atoms with Gasteiger partial charge in [-0.3, -0.25) is 9.36 Å². The Hall–Kier alpha value is -2.63. The highest BCUT2D eigenvalue weighted by Gasteiger charge is 2.09. The molecule has 0 fully saturated rings. The van der Waals surface area contributed by atoms with E-state index in [4.69, 9.17) is 5.73 Å². The van der Waals surface area contributed by atoms with Crippen molar-refractivity contribution in [2.24, 2.45) is 0 Å². The summed E-state index contributed by atoms with van der Waals surface area (Å²) in [7, 11) is 1.29. The zero-order valence-corrected chi connectivity index (χ0v) is 9.66. The molecule has 0 aliphatic heterocycles. The summed E-state index contributed by atoms with van der Waals surface area (Å²) in [5.41, 5.74) is 5.58. The minimum atomic E-state index is -0.490. The van der Waals surface area contributed by atoms with E-state index in [1.54, 1.807) is 6.07 Å². The molecule has 0 spiro atoms. The molecule has 92 valence electrons. The molecule has 0 amide bonds. The van der Waals surface area contributed by atoms with Gasteiger partial charge < -0.3 is 10.5 Å². The van der Waals surface area contributed by atoms with Gasteiger partial charge in [-0.15, -0.1) is 0 Å². The molecule has 6 nitrogen and oxygen atoms in total. The predicted molar refractivity (Wildman–Crippen MR) is 65.6 cm³/mol. The SMILES string of the molecule is COC(=O)c1ccnc(-n2cccc(N)c2=O)c1. The summed E-state index contributed by atoms with van der Waals surface area (Å²) in [5.74, 6) is -0.175. The van der Waals surface area contributed by atoms with Crippen LogP contribution in [0.1, 0.15) is 10.4 Å².